The smallest absolute Gasteiger partial charge is 0.155 e. The molecule has 0 aromatic carbocycles. The number of halogens is 1. The largest absolute Gasteiger partial charge is 0.508 e. The molecule has 0 atom stereocenters. The zero-order valence-corrected chi connectivity index (χ0v) is 9.12. The summed E-state index contributed by atoms with van der Waals surface area (Å²) >= 11 is 5.97. The third-order valence-corrected chi connectivity index (χ3v) is 2.53. The summed E-state index contributed by atoms with van der Waals surface area (Å²) in [5, 5.41) is 12.8. The molecule has 0 saturated heterocycles. The molecule has 0 saturated carbocycles. The van der Waals surface area contributed by atoms with Crippen molar-refractivity contribution in [3.63, 3.8) is 0 Å². The molecule has 2 N–H and O–H groups in total. The van der Waals surface area contributed by atoms with E-state index in [4.69, 9.17) is 11.6 Å². The van der Waals surface area contributed by atoms with Gasteiger partial charge >= 0.3 is 0 Å². The molecule has 5 heteroatoms. The zero-order chi connectivity index (χ0) is 10.8. The van der Waals surface area contributed by atoms with E-state index in [-0.39, 0.29) is 5.75 Å². The van der Waals surface area contributed by atoms with Gasteiger partial charge in [-0.15, -0.1) is 0 Å². The van der Waals surface area contributed by atoms with E-state index in [1.54, 1.807) is 18.3 Å². The molecule has 0 radical (unpaired) electrons. The number of aromatic hydroxyl groups is 1. The summed E-state index contributed by atoms with van der Waals surface area (Å²) in [7, 11) is 1.89. The first-order chi connectivity index (χ1) is 7.22. The number of nitrogens with zero attached hydrogens (tertiary/aromatic N) is 2. The number of aromatic nitrogens is 2. The Labute approximate surface area is 92.5 Å². The van der Waals surface area contributed by atoms with Crippen LogP contribution in [0.25, 0.3) is 5.52 Å². The Bertz CT molecular complexity index is 481. The van der Waals surface area contributed by atoms with Gasteiger partial charge in [-0.1, -0.05) is 11.6 Å². The number of likely N-dealkylation sites (N-methyl/N-ethyl adjacent to an activating group) is 1. The third kappa shape index (κ3) is 1.91. The summed E-state index contributed by atoms with van der Waals surface area (Å²) < 4.78 is 1.89. The topological polar surface area (TPSA) is 49.6 Å². The zero-order valence-electron chi connectivity index (χ0n) is 8.37. The maximum absolute atomic E-state index is 9.33. The molecule has 80 valence electrons. The molecular weight excluding hydrogens is 214 g/mol. The van der Waals surface area contributed by atoms with E-state index in [1.165, 1.54) is 0 Å². The molecule has 4 nitrogen and oxygen atoms in total. The van der Waals surface area contributed by atoms with Crippen molar-refractivity contribution in [3.05, 3.63) is 29.3 Å². The molecule has 15 heavy (non-hydrogen) atoms. The summed E-state index contributed by atoms with van der Waals surface area (Å²) in [6, 6.07) is 3.23. The average Bonchev–Trinajstić information content (AvgIpc) is 2.53. The highest BCUT2D eigenvalue weighted by atomic mass is 35.5. The van der Waals surface area contributed by atoms with Crippen molar-refractivity contribution >= 4 is 17.1 Å². The van der Waals surface area contributed by atoms with Gasteiger partial charge in [0, 0.05) is 25.2 Å². The predicted octanol–water partition coefficient (Wildman–Crippen LogP) is 1.46. The molecule has 0 fully saturated rings. The normalized spacial score (nSPS) is 11.1. The lowest BCUT2D eigenvalue weighted by atomic mass is 10.3. The van der Waals surface area contributed by atoms with Crippen molar-refractivity contribution in [2.45, 2.75) is 6.42 Å². The molecule has 0 aliphatic rings. The van der Waals surface area contributed by atoms with Crippen LogP contribution in [0, 0.1) is 0 Å². The van der Waals surface area contributed by atoms with Crippen LogP contribution >= 0.6 is 11.6 Å². The van der Waals surface area contributed by atoms with Crippen molar-refractivity contribution < 1.29 is 5.11 Å². The van der Waals surface area contributed by atoms with Gasteiger partial charge in [-0.3, -0.25) is 0 Å². The van der Waals surface area contributed by atoms with Gasteiger partial charge in [-0.25, -0.2) is 4.98 Å². The Morgan fingerprint density at radius 1 is 1.60 bits per heavy atom. The predicted molar refractivity (Wildman–Crippen MR) is 59.5 cm³/mol. The quantitative estimate of drug-likeness (QED) is 0.832. The SMILES string of the molecule is CNCCc1nc(Cl)c2cc(O)ccn12. The van der Waals surface area contributed by atoms with Gasteiger partial charge < -0.3 is 14.8 Å². The van der Waals surface area contributed by atoms with E-state index in [0.29, 0.717) is 5.15 Å². The molecule has 0 unspecified atom stereocenters. The molecule has 0 spiro atoms. The fourth-order valence-corrected chi connectivity index (χ4v) is 1.75. The Kier molecular flexibility index (Phi) is 2.79. The molecule has 2 aromatic rings. The van der Waals surface area contributed by atoms with Crippen LogP contribution in [0.1, 0.15) is 5.82 Å². The molecule has 0 aliphatic heterocycles. The number of pyridine rings is 1. The lowest BCUT2D eigenvalue weighted by Crippen LogP contribution is -2.12. The monoisotopic (exact) mass is 225 g/mol. The van der Waals surface area contributed by atoms with Crippen LogP contribution < -0.4 is 5.32 Å². The fraction of sp³-hybridized carbons (Fsp3) is 0.300. The standard InChI is InChI=1S/C10H12ClN3O/c1-12-4-2-9-13-10(11)8-6-7(15)3-5-14(8)9/h3,5-6,12,15H,2,4H2,1H3. The van der Waals surface area contributed by atoms with E-state index in [1.807, 2.05) is 11.4 Å². The number of nitrogens with one attached hydrogen (secondary N) is 1. The van der Waals surface area contributed by atoms with Crippen LogP contribution in [-0.4, -0.2) is 28.1 Å². The number of hydrogen-bond acceptors (Lipinski definition) is 3. The summed E-state index contributed by atoms with van der Waals surface area (Å²) in [4.78, 5) is 4.25. The maximum Gasteiger partial charge on any atom is 0.155 e. The second-order valence-corrected chi connectivity index (χ2v) is 3.67. The van der Waals surface area contributed by atoms with Crippen LogP contribution in [0.5, 0.6) is 5.75 Å². The van der Waals surface area contributed by atoms with Crippen molar-refractivity contribution in [1.82, 2.24) is 14.7 Å². The van der Waals surface area contributed by atoms with Crippen LogP contribution in [0.3, 0.4) is 0 Å². The van der Waals surface area contributed by atoms with Crippen LogP contribution in [0.15, 0.2) is 18.3 Å². The summed E-state index contributed by atoms with van der Waals surface area (Å²) in [5.41, 5.74) is 0.739. The van der Waals surface area contributed by atoms with Gasteiger partial charge in [-0.05, 0) is 13.1 Å². The third-order valence-electron chi connectivity index (χ3n) is 2.25. The maximum atomic E-state index is 9.33. The first-order valence-corrected chi connectivity index (χ1v) is 5.10. The highest BCUT2D eigenvalue weighted by Crippen LogP contribution is 2.22. The second kappa shape index (κ2) is 4.08. The number of fused-ring (bicyclic) bond motifs is 1. The molecular formula is C10H12ClN3O. The Morgan fingerprint density at radius 3 is 3.13 bits per heavy atom. The van der Waals surface area contributed by atoms with Crippen LogP contribution in [-0.2, 0) is 6.42 Å². The van der Waals surface area contributed by atoms with Gasteiger partial charge in [0.05, 0.1) is 5.52 Å². The fourth-order valence-electron chi connectivity index (χ4n) is 1.51. The minimum absolute atomic E-state index is 0.199. The molecule has 0 aliphatic carbocycles. The van der Waals surface area contributed by atoms with E-state index in [0.717, 1.165) is 24.3 Å². The molecule has 2 aromatic heterocycles. The lowest BCUT2D eigenvalue weighted by molar-refractivity contribution is 0.475. The van der Waals surface area contributed by atoms with Crippen molar-refractivity contribution in [2.75, 3.05) is 13.6 Å². The van der Waals surface area contributed by atoms with Gasteiger partial charge in [0.15, 0.2) is 5.15 Å². The Hall–Kier alpha value is -1.26. The second-order valence-electron chi connectivity index (χ2n) is 3.31. The van der Waals surface area contributed by atoms with E-state index < -0.39 is 0 Å². The van der Waals surface area contributed by atoms with E-state index >= 15 is 0 Å². The minimum atomic E-state index is 0.199. The Balaban J connectivity index is 2.48. The average molecular weight is 226 g/mol. The number of rotatable bonds is 3. The molecule has 2 heterocycles. The van der Waals surface area contributed by atoms with Gasteiger partial charge in [-0.2, -0.15) is 0 Å². The molecule has 0 amide bonds. The Morgan fingerprint density at radius 2 is 2.40 bits per heavy atom. The molecule has 2 rings (SSSR count). The highest BCUT2D eigenvalue weighted by molar-refractivity contribution is 6.32. The lowest BCUT2D eigenvalue weighted by Gasteiger charge is -2.00. The van der Waals surface area contributed by atoms with Crippen molar-refractivity contribution in [3.8, 4) is 5.75 Å². The van der Waals surface area contributed by atoms with E-state index in [9.17, 15) is 5.11 Å². The van der Waals surface area contributed by atoms with Gasteiger partial charge in [0.2, 0.25) is 0 Å². The summed E-state index contributed by atoms with van der Waals surface area (Å²) in [6.07, 6.45) is 2.57. The first kappa shape index (κ1) is 10.3. The summed E-state index contributed by atoms with van der Waals surface area (Å²) in [6.45, 7) is 0.844. The molecule has 0 bridgehead atoms. The van der Waals surface area contributed by atoms with Crippen molar-refractivity contribution in [1.29, 1.82) is 0 Å². The van der Waals surface area contributed by atoms with E-state index in [2.05, 4.69) is 10.3 Å². The summed E-state index contributed by atoms with van der Waals surface area (Å²) in [5.74, 6) is 1.09. The number of imidazole rings is 1. The van der Waals surface area contributed by atoms with Crippen LogP contribution in [0.4, 0.5) is 0 Å². The first-order valence-electron chi connectivity index (χ1n) is 4.72. The minimum Gasteiger partial charge on any atom is -0.508 e. The van der Waals surface area contributed by atoms with Gasteiger partial charge in [0.1, 0.15) is 11.6 Å². The number of hydrogen-bond donors (Lipinski definition) is 2. The van der Waals surface area contributed by atoms with Crippen LogP contribution in [0.2, 0.25) is 5.15 Å². The van der Waals surface area contributed by atoms with Crippen molar-refractivity contribution in [2.24, 2.45) is 0 Å². The highest BCUT2D eigenvalue weighted by Gasteiger charge is 2.08. The van der Waals surface area contributed by atoms with Gasteiger partial charge in [0.25, 0.3) is 0 Å².